The second-order valence-electron chi connectivity index (χ2n) is 5.77. The lowest BCUT2D eigenvalue weighted by atomic mass is 9.93. The minimum absolute atomic E-state index is 0.0719. The van der Waals surface area contributed by atoms with E-state index in [-0.39, 0.29) is 12.2 Å². The van der Waals surface area contributed by atoms with Gasteiger partial charge in [-0.3, -0.25) is 9.59 Å². The fourth-order valence-electron chi connectivity index (χ4n) is 2.48. The van der Waals surface area contributed by atoms with Gasteiger partial charge in [0, 0.05) is 18.0 Å². The zero-order valence-corrected chi connectivity index (χ0v) is 13.8. The Morgan fingerprint density at radius 1 is 1.18 bits per heavy atom. The third-order valence-corrected chi connectivity index (χ3v) is 3.88. The van der Waals surface area contributed by atoms with E-state index in [4.69, 9.17) is 5.11 Å². The molecule has 122 valence electrons. The van der Waals surface area contributed by atoms with Crippen LogP contribution in [0.4, 0.5) is 0 Å². The van der Waals surface area contributed by atoms with E-state index in [1.54, 1.807) is 12.1 Å². The SMILES string of the molecule is CCCCN(CC)CC(CC(=O)O)C(=O)c1ccc(C)cc1. The molecule has 0 saturated heterocycles. The van der Waals surface area contributed by atoms with E-state index < -0.39 is 11.9 Å². The maximum absolute atomic E-state index is 12.6. The van der Waals surface area contributed by atoms with Gasteiger partial charge in [-0.15, -0.1) is 0 Å². The van der Waals surface area contributed by atoms with Gasteiger partial charge in [0.1, 0.15) is 0 Å². The summed E-state index contributed by atoms with van der Waals surface area (Å²) in [4.78, 5) is 25.9. The van der Waals surface area contributed by atoms with Gasteiger partial charge in [0.2, 0.25) is 0 Å². The van der Waals surface area contributed by atoms with Gasteiger partial charge in [0.25, 0.3) is 0 Å². The van der Waals surface area contributed by atoms with Crippen molar-refractivity contribution in [3.63, 3.8) is 0 Å². The number of hydrogen-bond acceptors (Lipinski definition) is 3. The molecule has 1 atom stereocenters. The lowest BCUT2D eigenvalue weighted by molar-refractivity contribution is -0.137. The highest BCUT2D eigenvalue weighted by molar-refractivity contribution is 5.99. The number of aryl methyl sites for hydroxylation is 1. The van der Waals surface area contributed by atoms with Crippen LogP contribution in [0.25, 0.3) is 0 Å². The van der Waals surface area contributed by atoms with Crippen molar-refractivity contribution in [2.24, 2.45) is 5.92 Å². The van der Waals surface area contributed by atoms with Gasteiger partial charge >= 0.3 is 5.97 Å². The standard InChI is InChI=1S/C18H27NO3/c1-4-6-11-19(5-2)13-16(12-17(20)21)18(22)15-9-7-14(3)8-10-15/h7-10,16H,4-6,11-13H2,1-3H3,(H,20,21). The summed E-state index contributed by atoms with van der Waals surface area (Å²) in [7, 11) is 0. The monoisotopic (exact) mass is 305 g/mol. The Hall–Kier alpha value is -1.68. The Bertz CT molecular complexity index is 482. The van der Waals surface area contributed by atoms with Crippen LogP contribution in [0.2, 0.25) is 0 Å². The van der Waals surface area contributed by atoms with E-state index in [9.17, 15) is 9.59 Å². The van der Waals surface area contributed by atoms with E-state index in [1.165, 1.54) is 0 Å². The first kappa shape index (κ1) is 18.4. The summed E-state index contributed by atoms with van der Waals surface area (Å²) in [6.45, 7) is 8.38. The zero-order chi connectivity index (χ0) is 16.5. The number of ketones is 1. The molecule has 1 unspecified atom stereocenters. The summed E-state index contributed by atoms with van der Waals surface area (Å²) >= 11 is 0. The number of Topliss-reactive ketones (excluding diaryl/α,β-unsaturated/α-hetero) is 1. The number of benzene rings is 1. The molecule has 4 nitrogen and oxygen atoms in total. The fraction of sp³-hybridized carbons (Fsp3) is 0.556. The third kappa shape index (κ3) is 5.98. The maximum atomic E-state index is 12.6. The fourth-order valence-corrected chi connectivity index (χ4v) is 2.48. The zero-order valence-electron chi connectivity index (χ0n) is 13.8. The molecule has 0 heterocycles. The summed E-state index contributed by atoms with van der Waals surface area (Å²) in [6, 6.07) is 7.35. The first-order chi connectivity index (χ1) is 10.5. The van der Waals surface area contributed by atoms with Crippen molar-refractivity contribution in [1.29, 1.82) is 0 Å². The summed E-state index contributed by atoms with van der Waals surface area (Å²) in [5.74, 6) is -1.48. The lowest BCUT2D eigenvalue weighted by Crippen LogP contribution is -2.35. The van der Waals surface area contributed by atoms with Crippen LogP contribution in [0.3, 0.4) is 0 Å². The smallest absolute Gasteiger partial charge is 0.304 e. The molecule has 0 radical (unpaired) electrons. The minimum atomic E-state index is -0.919. The molecule has 0 spiro atoms. The predicted molar refractivity (Wildman–Crippen MR) is 88.3 cm³/mol. The average Bonchev–Trinajstić information content (AvgIpc) is 2.50. The van der Waals surface area contributed by atoms with Gasteiger partial charge in [-0.05, 0) is 26.4 Å². The summed E-state index contributed by atoms with van der Waals surface area (Å²) < 4.78 is 0. The van der Waals surface area contributed by atoms with E-state index in [2.05, 4.69) is 11.8 Å². The van der Waals surface area contributed by atoms with E-state index in [0.717, 1.165) is 31.5 Å². The number of carboxylic acids is 1. The van der Waals surface area contributed by atoms with Crippen LogP contribution in [0.5, 0.6) is 0 Å². The molecular weight excluding hydrogens is 278 g/mol. The highest BCUT2D eigenvalue weighted by atomic mass is 16.4. The average molecular weight is 305 g/mol. The molecule has 0 aliphatic carbocycles. The van der Waals surface area contributed by atoms with Gasteiger partial charge in [-0.25, -0.2) is 0 Å². The largest absolute Gasteiger partial charge is 0.481 e. The molecule has 0 amide bonds. The number of rotatable bonds is 10. The molecule has 0 bridgehead atoms. The molecule has 0 saturated carbocycles. The molecule has 1 aromatic rings. The van der Waals surface area contributed by atoms with E-state index >= 15 is 0 Å². The molecule has 0 fully saturated rings. The van der Waals surface area contributed by atoms with Gasteiger partial charge in [-0.2, -0.15) is 0 Å². The van der Waals surface area contributed by atoms with Gasteiger partial charge < -0.3 is 10.0 Å². The Morgan fingerprint density at radius 3 is 2.32 bits per heavy atom. The molecule has 1 N–H and O–H groups in total. The maximum Gasteiger partial charge on any atom is 0.304 e. The second kappa shape index (κ2) is 9.36. The highest BCUT2D eigenvalue weighted by Crippen LogP contribution is 2.16. The number of nitrogens with zero attached hydrogens (tertiary/aromatic N) is 1. The van der Waals surface area contributed by atoms with Crippen LogP contribution in [0.15, 0.2) is 24.3 Å². The Kier molecular flexibility index (Phi) is 7.82. The van der Waals surface area contributed by atoms with Gasteiger partial charge in [-0.1, -0.05) is 50.1 Å². The lowest BCUT2D eigenvalue weighted by Gasteiger charge is -2.25. The van der Waals surface area contributed by atoms with Crippen molar-refractivity contribution in [2.45, 2.75) is 40.0 Å². The molecule has 1 aromatic carbocycles. The van der Waals surface area contributed by atoms with Crippen LogP contribution < -0.4 is 0 Å². The highest BCUT2D eigenvalue weighted by Gasteiger charge is 2.24. The van der Waals surface area contributed by atoms with Crippen LogP contribution in [-0.2, 0) is 4.79 Å². The van der Waals surface area contributed by atoms with Crippen molar-refractivity contribution in [3.05, 3.63) is 35.4 Å². The number of carboxylic acid groups (broad SMARTS) is 1. The Balaban J connectivity index is 2.84. The van der Waals surface area contributed by atoms with Crippen LogP contribution in [-0.4, -0.2) is 41.4 Å². The van der Waals surface area contributed by atoms with Crippen molar-refractivity contribution in [2.75, 3.05) is 19.6 Å². The van der Waals surface area contributed by atoms with Gasteiger partial charge in [0.15, 0.2) is 5.78 Å². The van der Waals surface area contributed by atoms with Crippen LogP contribution in [0, 0.1) is 12.8 Å². The number of hydrogen-bond donors (Lipinski definition) is 1. The van der Waals surface area contributed by atoms with Crippen molar-refractivity contribution in [1.82, 2.24) is 4.90 Å². The predicted octanol–water partition coefficient (Wildman–Crippen LogP) is 3.39. The molecule has 1 rings (SSSR count). The molecule has 0 aliphatic rings. The van der Waals surface area contributed by atoms with Crippen molar-refractivity contribution in [3.8, 4) is 0 Å². The number of aliphatic carboxylic acids is 1. The normalized spacial score (nSPS) is 12.4. The number of carbonyl (C=O) groups excluding carboxylic acids is 1. The quantitative estimate of drug-likeness (QED) is 0.673. The molecule has 22 heavy (non-hydrogen) atoms. The molecule has 4 heteroatoms. The minimum Gasteiger partial charge on any atom is -0.481 e. The Morgan fingerprint density at radius 2 is 1.82 bits per heavy atom. The molecular formula is C18H27NO3. The van der Waals surface area contributed by atoms with Crippen LogP contribution in [0.1, 0.15) is 49.0 Å². The number of carbonyl (C=O) groups is 2. The summed E-state index contributed by atoms with van der Waals surface area (Å²) in [5.41, 5.74) is 1.69. The molecule has 0 aromatic heterocycles. The first-order valence-electron chi connectivity index (χ1n) is 8.02. The Labute approximate surface area is 133 Å². The van der Waals surface area contributed by atoms with Crippen LogP contribution >= 0.6 is 0 Å². The topological polar surface area (TPSA) is 57.6 Å². The summed E-state index contributed by atoms with van der Waals surface area (Å²) in [6.07, 6.45) is 2.04. The third-order valence-electron chi connectivity index (χ3n) is 3.88. The van der Waals surface area contributed by atoms with E-state index in [0.29, 0.717) is 12.1 Å². The number of unbranched alkanes of at least 4 members (excludes halogenated alkanes) is 1. The second-order valence-corrected chi connectivity index (χ2v) is 5.77. The van der Waals surface area contributed by atoms with Gasteiger partial charge in [0.05, 0.1) is 6.42 Å². The van der Waals surface area contributed by atoms with Crippen molar-refractivity contribution >= 4 is 11.8 Å². The summed E-state index contributed by atoms with van der Waals surface area (Å²) in [5, 5.41) is 9.11. The van der Waals surface area contributed by atoms with E-state index in [1.807, 2.05) is 26.0 Å². The molecule has 0 aliphatic heterocycles. The first-order valence-corrected chi connectivity index (χ1v) is 8.02. The van der Waals surface area contributed by atoms with Crippen molar-refractivity contribution < 1.29 is 14.7 Å².